The lowest BCUT2D eigenvalue weighted by Gasteiger charge is -2.51. The van der Waals surface area contributed by atoms with Crippen molar-refractivity contribution in [3.05, 3.63) is 18.6 Å². The normalized spacial score (nSPS) is 25.7. The predicted molar refractivity (Wildman–Crippen MR) is 73.2 cm³/mol. The fraction of sp³-hybridized carbons (Fsp3) is 0.571. The molecule has 1 unspecified atom stereocenters. The second-order valence-corrected chi connectivity index (χ2v) is 5.78. The lowest BCUT2D eigenvalue weighted by molar-refractivity contribution is -0.142. The number of morpholine rings is 1. The van der Waals surface area contributed by atoms with Gasteiger partial charge in [-0.3, -0.25) is 0 Å². The molecular weight excluding hydrogens is 240 g/mol. The first-order chi connectivity index (χ1) is 9.26. The van der Waals surface area contributed by atoms with Crippen LogP contribution in [0.15, 0.2) is 18.6 Å². The molecule has 1 atom stereocenters. The second-order valence-electron chi connectivity index (χ2n) is 5.78. The van der Waals surface area contributed by atoms with Crippen LogP contribution >= 0.6 is 0 Å². The zero-order chi connectivity index (χ0) is 12.9. The summed E-state index contributed by atoms with van der Waals surface area (Å²) in [5.41, 5.74) is 0.984. The van der Waals surface area contributed by atoms with E-state index in [9.17, 15) is 0 Å². The van der Waals surface area contributed by atoms with Gasteiger partial charge >= 0.3 is 0 Å². The molecule has 0 bridgehead atoms. The molecule has 5 nitrogen and oxygen atoms in total. The van der Waals surface area contributed by atoms with Gasteiger partial charge < -0.3 is 14.6 Å². The Labute approximate surface area is 112 Å². The number of hydrogen-bond acceptors (Lipinski definition) is 4. The molecule has 0 amide bonds. The van der Waals surface area contributed by atoms with Crippen LogP contribution in [0.2, 0.25) is 0 Å². The molecule has 1 N–H and O–H groups in total. The maximum Gasteiger partial charge on any atom is 0.142 e. The van der Waals surface area contributed by atoms with Crippen molar-refractivity contribution in [3.63, 3.8) is 0 Å². The summed E-state index contributed by atoms with van der Waals surface area (Å²) in [5, 5.41) is 1.10. The SMILES string of the molecule is CC1CN(c2ncnc3[nH]ccc23)CC2(CCC2)O1. The average molecular weight is 258 g/mol. The van der Waals surface area contributed by atoms with Gasteiger partial charge in [-0.1, -0.05) is 0 Å². The van der Waals surface area contributed by atoms with Crippen LogP contribution in [0, 0.1) is 0 Å². The summed E-state index contributed by atoms with van der Waals surface area (Å²) in [5.74, 6) is 1.03. The highest BCUT2D eigenvalue weighted by Gasteiger charge is 2.44. The fourth-order valence-corrected chi connectivity index (χ4v) is 3.34. The Morgan fingerprint density at radius 1 is 1.42 bits per heavy atom. The molecule has 1 aliphatic heterocycles. The molecule has 0 aromatic carbocycles. The molecule has 3 heterocycles. The standard InChI is InChI=1S/C14H18N4O/c1-10-7-18(8-14(19-10)4-2-5-14)13-11-3-6-15-12(11)16-9-17-13/h3,6,9-10H,2,4-5,7-8H2,1H3,(H,15,16,17). The monoisotopic (exact) mass is 258 g/mol. The van der Waals surface area contributed by atoms with Crippen LogP contribution in [-0.2, 0) is 4.74 Å². The Balaban J connectivity index is 1.73. The van der Waals surface area contributed by atoms with E-state index in [0.717, 1.165) is 29.9 Å². The number of nitrogens with zero attached hydrogens (tertiary/aromatic N) is 3. The highest BCUT2D eigenvalue weighted by Crippen LogP contribution is 2.41. The topological polar surface area (TPSA) is 54.0 Å². The van der Waals surface area contributed by atoms with Gasteiger partial charge in [0.25, 0.3) is 0 Å². The van der Waals surface area contributed by atoms with Gasteiger partial charge in [0, 0.05) is 19.3 Å². The van der Waals surface area contributed by atoms with Crippen molar-refractivity contribution in [3.8, 4) is 0 Å². The molecule has 1 saturated carbocycles. The summed E-state index contributed by atoms with van der Waals surface area (Å²) in [4.78, 5) is 14.3. The Morgan fingerprint density at radius 3 is 3.11 bits per heavy atom. The highest BCUT2D eigenvalue weighted by atomic mass is 16.5. The number of H-pyrrole nitrogens is 1. The van der Waals surface area contributed by atoms with E-state index >= 15 is 0 Å². The zero-order valence-electron chi connectivity index (χ0n) is 11.1. The molecule has 5 heteroatoms. The first kappa shape index (κ1) is 11.2. The molecule has 1 aliphatic carbocycles. The van der Waals surface area contributed by atoms with Crippen LogP contribution in [0.25, 0.3) is 11.0 Å². The van der Waals surface area contributed by atoms with Gasteiger partial charge in [0.2, 0.25) is 0 Å². The molecule has 0 radical (unpaired) electrons. The molecule has 2 aromatic heterocycles. The van der Waals surface area contributed by atoms with E-state index in [4.69, 9.17) is 4.74 Å². The Bertz CT molecular complexity index is 604. The third-order valence-corrected chi connectivity index (χ3v) is 4.30. The first-order valence-corrected chi connectivity index (χ1v) is 6.97. The minimum atomic E-state index is 0.0746. The lowest BCUT2D eigenvalue weighted by Crippen LogP contribution is -2.58. The first-order valence-electron chi connectivity index (χ1n) is 6.97. The van der Waals surface area contributed by atoms with Crippen molar-refractivity contribution < 1.29 is 4.74 Å². The molecule has 2 fully saturated rings. The Hall–Kier alpha value is -1.62. The number of nitrogens with one attached hydrogen (secondary N) is 1. The van der Waals surface area contributed by atoms with Crippen LogP contribution in [0.3, 0.4) is 0 Å². The van der Waals surface area contributed by atoms with Gasteiger partial charge in [-0.05, 0) is 32.3 Å². The summed E-state index contributed by atoms with van der Waals surface area (Å²) < 4.78 is 6.16. The van der Waals surface area contributed by atoms with Gasteiger partial charge in [0.15, 0.2) is 0 Å². The van der Waals surface area contributed by atoms with E-state index in [-0.39, 0.29) is 11.7 Å². The molecule has 2 aromatic rings. The molecule has 1 spiro atoms. The number of aromatic nitrogens is 3. The summed E-state index contributed by atoms with van der Waals surface area (Å²) in [6, 6.07) is 2.05. The number of hydrogen-bond donors (Lipinski definition) is 1. The largest absolute Gasteiger partial charge is 0.368 e. The van der Waals surface area contributed by atoms with E-state index in [0.29, 0.717) is 0 Å². The van der Waals surface area contributed by atoms with Crippen LogP contribution in [0.4, 0.5) is 5.82 Å². The van der Waals surface area contributed by atoms with Crippen molar-refractivity contribution in [2.45, 2.75) is 37.9 Å². The molecule has 2 aliphatic rings. The summed E-state index contributed by atoms with van der Waals surface area (Å²) in [7, 11) is 0. The Kier molecular flexibility index (Phi) is 2.33. The number of fused-ring (bicyclic) bond motifs is 1. The number of anilines is 1. The summed E-state index contributed by atoms with van der Waals surface area (Å²) >= 11 is 0. The van der Waals surface area contributed by atoms with Gasteiger partial charge in [0.05, 0.1) is 17.1 Å². The van der Waals surface area contributed by atoms with Crippen molar-refractivity contribution in [1.82, 2.24) is 15.0 Å². The van der Waals surface area contributed by atoms with Gasteiger partial charge in [-0.15, -0.1) is 0 Å². The van der Waals surface area contributed by atoms with Crippen LogP contribution in [-0.4, -0.2) is 39.7 Å². The zero-order valence-corrected chi connectivity index (χ0v) is 11.1. The summed E-state index contributed by atoms with van der Waals surface area (Å²) in [6.07, 6.45) is 7.46. The highest BCUT2D eigenvalue weighted by molar-refractivity contribution is 5.87. The fourth-order valence-electron chi connectivity index (χ4n) is 3.34. The van der Waals surface area contributed by atoms with Crippen LogP contribution in [0.5, 0.6) is 0 Å². The van der Waals surface area contributed by atoms with E-state index in [2.05, 4.69) is 32.8 Å². The van der Waals surface area contributed by atoms with E-state index in [1.165, 1.54) is 19.3 Å². The maximum atomic E-state index is 6.16. The maximum absolute atomic E-state index is 6.16. The smallest absolute Gasteiger partial charge is 0.142 e. The van der Waals surface area contributed by atoms with Gasteiger partial charge in [0.1, 0.15) is 17.8 Å². The van der Waals surface area contributed by atoms with Crippen molar-refractivity contribution in [2.24, 2.45) is 0 Å². The van der Waals surface area contributed by atoms with Crippen LogP contribution < -0.4 is 4.90 Å². The third kappa shape index (κ3) is 1.72. The van der Waals surface area contributed by atoms with E-state index < -0.39 is 0 Å². The minimum absolute atomic E-state index is 0.0746. The lowest BCUT2D eigenvalue weighted by atomic mass is 9.78. The quantitative estimate of drug-likeness (QED) is 0.851. The second kappa shape index (κ2) is 3.93. The third-order valence-electron chi connectivity index (χ3n) is 4.30. The van der Waals surface area contributed by atoms with Crippen molar-refractivity contribution in [1.29, 1.82) is 0 Å². The van der Waals surface area contributed by atoms with Crippen molar-refractivity contribution >= 4 is 16.9 Å². The van der Waals surface area contributed by atoms with E-state index in [1.807, 2.05) is 6.20 Å². The predicted octanol–water partition coefficient (Wildman–Crippen LogP) is 2.11. The molecule has 100 valence electrons. The number of aromatic amines is 1. The minimum Gasteiger partial charge on any atom is -0.368 e. The number of rotatable bonds is 1. The van der Waals surface area contributed by atoms with E-state index in [1.54, 1.807) is 6.33 Å². The van der Waals surface area contributed by atoms with Gasteiger partial charge in [-0.25, -0.2) is 9.97 Å². The number of ether oxygens (including phenoxy) is 1. The molecule has 1 saturated heterocycles. The van der Waals surface area contributed by atoms with Crippen molar-refractivity contribution in [2.75, 3.05) is 18.0 Å². The average Bonchev–Trinajstić information content (AvgIpc) is 2.84. The van der Waals surface area contributed by atoms with Crippen LogP contribution in [0.1, 0.15) is 26.2 Å². The molecular formula is C14H18N4O. The Morgan fingerprint density at radius 2 is 2.32 bits per heavy atom. The van der Waals surface area contributed by atoms with Gasteiger partial charge in [-0.2, -0.15) is 0 Å². The molecule has 19 heavy (non-hydrogen) atoms. The molecule has 4 rings (SSSR count). The summed E-state index contributed by atoms with van der Waals surface area (Å²) in [6.45, 7) is 4.01.